The topological polar surface area (TPSA) is 0 Å². The Morgan fingerprint density at radius 1 is 0.824 bits per heavy atom. The highest BCUT2D eigenvalue weighted by molar-refractivity contribution is 6.37. The molecule has 0 radical (unpaired) electrons. The van der Waals surface area contributed by atoms with Gasteiger partial charge in [-0.05, 0) is 11.8 Å². The second kappa shape index (κ2) is 7.49. The van der Waals surface area contributed by atoms with Crippen molar-refractivity contribution in [1.82, 2.24) is 0 Å². The van der Waals surface area contributed by atoms with Gasteiger partial charge in [0.2, 0.25) is 0 Å². The summed E-state index contributed by atoms with van der Waals surface area (Å²) in [5.41, 5.74) is 0. The molecule has 17 heavy (non-hydrogen) atoms. The van der Waals surface area contributed by atoms with Gasteiger partial charge in [0.25, 0.3) is 0 Å². The lowest BCUT2D eigenvalue weighted by Gasteiger charge is -2.29. The van der Waals surface area contributed by atoms with E-state index >= 15 is 0 Å². The van der Waals surface area contributed by atoms with Crippen molar-refractivity contribution in [2.45, 2.75) is 89.7 Å². The molecule has 98 valence electrons. The fourth-order valence-electron chi connectivity index (χ4n) is 4.16. The van der Waals surface area contributed by atoms with Gasteiger partial charge in [-0.3, -0.25) is 0 Å². The average Bonchev–Trinajstić information content (AvgIpc) is 2.40. The van der Waals surface area contributed by atoms with Crippen LogP contribution in [0.2, 0.25) is 12.1 Å². The van der Waals surface area contributed by atoms with E-state index in [1.807, 2.05) is 0 Å². The fraction of sp³-hybridized carbons (Fsp3) is 1.00. The molecule has 0 heterocycles. The van der Waals surface area contributed by atoms with E-state index in [0.29, 0.717) is 0 Å². The third-order valence-electron chi connectivity index (χ3n) is 5.37. The second-order valence-corrected chi connectivity index (χ2v) is 6.76. The van der Waals surface area contributed by atoms with Crippen molar-refractivity contribution >= 4 is 7.28 Å². The first-order valence-corrected chi connectivity index (χ1v) is 8.38. The van der Waals surface area contributed by atoms with Crippen molar-refractivity contribution in [3.63, 3.8) is 0 Å². The van der Waals surface area contributed by atoms with E-state index in [0.717, 1.165) is 17.7 Å². The molecule has 0 bridgehead atoms. The molecule has 0 N–H and O–H groups in total. The van der Waals surface area contributed by atoms with E-state index in [9.17, 15) is 0 Å². The standard InChI is InChI=1S/C16H31B/c1-2-6-14-9-11-16(12-10-14)17-13-15-7-4-3-5-8-15/h14-17H,2-13H2,1H3. The van der Waals surface area contributed by atoms with Gasteiger partial charge in [0, 0.05) is 0 Å². The Kier molecular flexibility index (Phi) is 5.94. The minimum atomic E-state index is 1.09. The van der Waals surface area contributed by atoms with Gasteiger partial charge >= 0.3 is 0 Å². The van der Waals surface area contributed by atoms with Crippen LogP contribution in [0.3, 0.4) is 0 Å². The summed E-state index contributed by atoms with van der Waals surface area (Å²) in [6.45, 7) is 2.34. The van der Waals surface area contributed by atoms with E-state index in [4.69, 9.17) is 0 Å². The zero-order chi connectivity index (χ0) is 11.9. The van der Waals surface area contributed by atoms with Crippen LogP contribution in [0.5, 0.6) is 0 Å². The van der Waals surface area contributed by atoms with Crippen molar-refractivity contribution in [2.24, 2.45) is 11.8 Å². The van der Waals surface area contributed by atoms with E-state index in [-0.39, 0.29) is 0 Å². The van der Waals surface area contributed by atoms with Gasteiger partial charge in [0.05, 0.1) is 0 Å². The van der Waals surface area contributed by atoms with Gasteiger partial charge in [-0.1, -0.05) is 89.7 Å². The number of hydrogen-bond acceptors (Lipinski definition) is 0. The summed E-state index contributed by atoms with van der Waals surface area (Å²) < 4.78 is 0. The lowest BCUT2D eigenvalue weighted by atomic mass is 9.53. The van der Waals surface area contributed by atoms with Crippen LogP contribution in [0.25, 0.3) is 0 Å². The smallest absolute Gasteiger partial charge is 0.0744 e. The van der Waals surface area contributed by atoms with Crippen LogP contribution in [0.4, 0.5) is 0 Å². The minimum Gasteiger partial charge on any atom is -0.0744 e. The molecule has 0 nitrogen and oxygen atoms in total. The maximum atomic E-state index is 2.34. The monoisotopic (exact) mass is 234 g/mol. The molecule has 1 heteroatoms. The lowest BCUT2D eigenvalue weighted by molar-refractivity contribution is 0.332. The van der Waals surface area contributed by atoms with Crippen LogP contribution in [0.15, 0.2) is 0 Å². The lowest BCUT2D eigenvalue weighted by Crippen LogP contribution is -2.17. The number of rotatable bonds is 5. The third-order valence-corrected chi connectivity index (χ3v) is 5.37. The van der Waals surface area contributed by atoms with Crippen LogP contribution < -0.4 is 0 Å². The number of hydrogen-bond donors (Lipinski definition) is 0. The normalized spacial score (nSPS) is 31.4. The van der Waals surface area contributed by atoms with E-state index in [1.54, 1.807) is 52.1 Å². The first-order valence-electron chi connectivity index (χ1n) is 8.38. The zero-order valence-electron chi connectivity index (χ0n) is 11.9. The van der Waals surface area contributed by atoms with Gasteiger partial charge < -0.3 is 0 Å². The summed E-state index contributed by atoms with van der Waals surface area (Å²) in [5, 5.41) is 0. The molecule has 0 amide bonds. The van der Waals surface area contributed by atoms with E-state index in [2.05, 4.69) is 6.92 Å². The summed E-state index contributed by atoms with van der Waals surface area (Å²) in [6, 6.07) is 0. The molecule has 0 saturated heterocycles. The Morgan fingerprint density at radius 2 is 1.53 bits per heavy atom. The van der Waals surface area contributed by atoms with Gasteiger partial charge in [-0.2, -0.15) is 0 Å². The zero-order valence-corrected chi connectivity index (χ0v) is 11.9. The van der Waals surface area contributed by atoms with Crippen molar-refractivity contribution < 1.29 is 0 Å². The Labute approximate surface area is 109 Å². The fourth-order valence-corrected chi connectivity index (χ4v) is 4.16. The molecule has 2 aliphatic carbocycles. The molecule has 0 spiro atoms. The highest BCUT2D eigenvalue weighted by Gasteiger charge is 2.22. The Bertz CT molecular complexity index is 188. The van der Waals surface area contributed by atoms with Crippen LogP contribution >= 0.6 is 0 Å². The second-order valence-electron chi connectivity index (χ2n) is 6.76. The first kappa shape index (κ1) is 13.5. The molecular formula is C16H31B. The third kappa shape index (κ3) is 4.68. The van der Waals surface area contributed by atoms with Crippen LogP contribution in [-0.2, 0) is 0 Å². The summed E-state index contributed by atoms with van der Waals surface area (Å²) in [7, 11) is 1.56. The maximum Gasteiger partial charge on any atom is 0.124 e. The summed E-state index contributed by atoms with van der Waals surface area (Å²) >= 11 is 0. The Hall–Kier alpha value is 0.0649. The van der Waals surface area contributed by atoms with Crippen molar-refractivity contribution in [3.05, 3.63) is 0 Å². The quantitative estimate of drug-likeness (QED) is 0.573. The molecule has 2 fully saturated rings. The Morgan fingerprint density at radius 3 is 2.18 bits per heavy atom. The van der Waals surface area contributed by atoms with Gasteiger partial charge in [-0.25, -0.2) is 0 Å². The van der Waals surface area contributed by atoms with Crippen LogP contribution in [0.1, 0.15) is 77.6 Å². The molecule has 0 unspecified atom stereocenters. The van der Waals surface area contributed by atoms with E-state index < -0.39 is 0 Å². The molecule has 2 aliphatic rings. The molecule has 0 aromatic carbocycles. The predicted molar refractivity (Wildman–Crippen MR) is 79.1 cm³/mol. The molecular weight excluding hydrogens is 203 g/mol. The summed E-state index contributed by atoms with van der Waals surface area (Å²) in [4.78, 5) is 0. The van der Waals surface area contributed by atoms with Crippen molar-refractivity contribution in [3.8, 4) is 0 Å². The van der Waals surface area contributed by atoms with Crippen LogP contribution in [0, 0.1) is 11.8 Å². The van der Waals surface area contributed by atoms with E-state index in [1.165, 1.54) is 32.1 Å². The SMILES string of the molecule is CCCC1CCC(BCC2CCCCC2)CC1. The summed E-state index contributed by atoms with van der Waals surface area (Å²) in [5.74, 6) is 3.30. The molecule has 0 aromatic rings. The molecule has 0 atom stereocenters. The average molecular weight is 234 g/mol. The summed E-state index contributed by atoms with van der Waals surface area (Å²) in [6.07, 6.45) is 18.3. The van der Waals surface area contributed by atoms with Crippen molar-refractivity contribution in [2.75, 3.05) is 0 Å². The van der Waals surface area contributed by atoms with Gasteiger partial charge in [0.15, 0.2) is 0 Å². The highest BCUT2D eigenvalue weighted by atomic mass is 14.2. The minimum absolute atomic E-state index is 1.09. The predicted octanol–water partition coefficient (Wildman–Crippen LogP) is 5.20. The van der Waals surface area contributed by atoms with Crippen molar-refractivity contribution in [1.29, 1.82) is 0 Å². The maximum absolute atomic E-state index is 2.34. The largest absolute Gasteiger partial charge is 0.124 e. The Balaban J connectivity index is 1.57. The molecule has 2 rings (SSSR count). The first-order chi connectivity index (χ1) is 8.38. The molecule has 2 saturated carbocycles. The highest BCUT2D eigenvalue weighted by Crippen LogP contribution is 2.36. The molecule has 0 aliphatic heterocycles. The van der Waals surface area contributed by atoms with Gasteiger partial charge in [0.1, 0.15) is 7.28 Å². The molecule has 0 aromatic heterocycles. The van der Waals surface area contributed by atoms with Crippen LogP contribution in [-0.4, -0.2) is 7.28 Å². The van der Waals surface area contributed by atoms with Gasteiger partial charge in [-0.15, -0.1) is 0 Å².